The Labute approximate surface area is 107 Å². The molecule has 18 heavy (non-hydrogen) atoms. The highest BCUT2D eigenvalue weighted by molar-refractivity contribution is 6.17. The molecule has 1 aromatic carbocycles. The fraction of sp³-hybridized carbons (Fsp3) is 0.273. The molecule has 7 heteroatoms. The summed E-state index contributed by atoms with van der Waals surface area (Å²) in [5.74, 6) is -1.96. The van der Waals surface area contributed by atoms with E-state index in [9.17, 15) is 8.78 Å². The average Bonchev–Trinajstić information content (AvgIpc) is 2.73. The molecular weight excluding hydrogens is 264 g/mol. The molecule has 0 aliphatic rings. The van der Waals surface area contributed by atoms with E-state index in [2.05, 4.69) is 10.3 Å². The minimum Gasteiger partial charge on any atom is -0.481 e. The van der Waals surface area contributed by atoms with Gasteiger partial charge in [0, 0.05) is 12.9 Å². The van der Waals surface area contributed by atoms with Gasteiger partial charge in [-0.25, -0.2) is 8.78 Å². The monoisotopic (exact) mass is 273 g/mol. The van der Waals surface area contributed by atoms with E-state index in [1.54, 1.807) is 13.2 Å². The fourth-order valence-corrected chi connectivity index (χ4v) is 1.59. The largest absolute Gasteiger partial charge is 0.481 e. The summed E-state index contributed by atoms with van der Waals surface area (Å²) in [6.45, 7) is -0.0537. The van der Waals surface area contributed by atoms with E-state index in [-0.39, 0.29) is 12.5 Å². The Bertz CT molecular complexity index is 536. The van der Waals surface area contributed by atoms with Crippen LogP contribution in [0.25, 0.3) is 0 Å². The molecule has 96 valence electrons. The lowest BCUT2D eigenvalue weighted by molar-refractivity contribution is 0.270. The maximum Gasteiger partial charge on any atom is 0.191 e. The van der Waals surface area contributed by atoms with Gasteiger partial charge < -0.3 is 4.74 Å². The van der Waals surface area contributed by atoms with Crippen molar-refractivity contribution in [3.05, 3.63) is 41.2 Å². The van der Waals surface area contributed by atoms with Crippen molar-refractivity contribution in [1.29, 1.82) is 0 Å². The smallest absolute Gasteiger partial charge is 0.191 e. The van der Waals surface area contributed by atoms with Crippen LogP contribution in [-0.2, 0) is 19.5 Å². The van der Waals surface area contributed by atoms with Crippen molar-refractivity contribution in [2.45, 2.75) is 12.5 Å². The zero-order chi connectivity index (χ0) is 13.1. The third-order valence-electron chi connectivity index (χ3n) is 2.23. The number of benzene rings is 1. The summed E-state index contributed by atoms with van der Waals surface area (Å²) in [6, 6.07) is 2.28. The van der Waals surface area contributed by atoms with E-state index >= 15 is 0 Å². The van der Waals surface area contributed by atoms with E-state index in [1.165, 1.54) is 4.68 Å². The molecule has 0 radical (unpaired) electrons. The Morgan fingerprint density at radius 2 is 2.00 bits per heavy atom. The van der Waals surface area contributed by atoms with Crippen molar-refractivity contribution < 1.29 is 13.5 Å². The lowest BCUT2D eigenvalue weighted by Crippen LogP contribution is -2.01. The van der Waals surface area contributed by atoms with Crippen molar-refractivity contribution in [3.8, 4) is 5.75 Å². The molecule has 0 aliphatic heterocycles. The maximum absolute atomic E-state index is 13.5. The molecule has 0 amide bonds. The molecular formula is C11H10ClF2N3O. The predicted molar refractivity (Wildman–Crippen MR) is 61.3 cm³/mol. The van der Waals surface area contributed by atoms with Crippen LogP contribution in [0.3, 0.4) is 0 Å². The molecule has 4 nitrogen and oxygen atoms in total. The highest BCUT2D eigenvalue weighted by Crippen LogP contribution is 2.24. The van der Waals surface area contributed by atoms with E-state index < -0.39 is 17.4 Å². The van der Waals surface area contributed by atoms with Gasteiger partial charge in [0.15, 0.2) is 17.4 Å². The van der Waals surface area contributed by atoms with Crippen LogP contribution in [0.5, 0.6) is 5.75 Å². The quantitative estimate of drug-likeness (QED) is 0.803. The topological polar surface area (TPSA) is 39.9 Å². The fourth-order valence-electron chi connectivity index (χ4n) is 1.43. The van der Waals surface area contributed by atoms with Gasteiger partial charge in [0.25, 0.3) is 0 Å². The molecule has 0 spiro atoms. The number of ether oxygens (including phenoxy) is 1. The Balaban J connectivity index is 2.14. The number of nitrogens with zero attached hydrogens (tertiary/aromatic N) is 3. The van der Waals surface area contributed by atoms with Crippen LogP contribution in [-0.4, -0.2) is 15.0 Å². The molecule has 0 atom stereocenters. The molecule has 2 aromatic rings. The highest BCUT2D eigenvalue weighted by atomic mass is 35.5. The van der Waals surface area contributed by atoms with Gasteiger partial charge in [0.2, 0.25) is 0 Å². The summed E-state index contributed by atoms with van der Waals surface area (Å²) in [6.07, 6.45) is 1.60. The average molecular weight is 274 g/mol. The molecule has 0 fully saturated rings. The predicted octanol–water partition coefficient (Wildman–Crippen LogP) is 2.41. The third-order valence-corrected chi connectivity index (χ3v) is 2.54. The molecule has 2 rings (SSSR count). The first-order valence-electron chi connectivity index (χ1n) is 5.12. The van der Waals surface area contributed by atoms with Crippen molar-refractivity contribution in [2.75, 3.05) is 0 Å². The first kappa shape index (κ1) is 12.8. The Morgan fingerprint density at radius 3 is 2.50 bits per heavy atom. The van der Waals surface area contributed by atoms with Crippen molar-refractivity contribution in [2.24, 2.45) is 7.05 Å². The van der Waals surface area contributed by atoms with Crippen LogP contribution in [0.15, 0.2) is 18.3 Å². The summed E-state index contributed by atoms with van der Waals surface area (Å²) < 4.78 is 33.6. The van der Waals surface area contributed by atoms with E-state index in [0.29, 0.717) is 11.3 Å². The Hall–Kier alpha value is -1.69. The van der Waals surface area contributed by atoms with Gasteiger partial charge in [-0.15, -0.1) is 16.7 Å². The van der Waals surface area contributed by atoms with Crippen molar-refractivity contribution >= 4 is 11.6 Å². The normalized spacial score (nSPS) is 10.7. The van der Waals surface area contributed by atoms with Crippen LogP contribution in [0.2, 0.25) is 0 Å². The number of hydrogen-bond acceptors (Lipinski definition) is 3. The summed E-state index contributed by atoms with van der Waals surface area (Å²) in [5.41, 5.74) is 0.844. The molecule has 0 bridgehead atoms. The zero-order valence-corrected chi connectivity index (χ0v) is 10.3. The number of alkyl halides is 1. The molecule has 0 aliphatic carbocycles. The first-order valence-corrected chi connectivity index (χ1v) is 5.65. The van der Waals surface area contributed by atoms with Gasteiger partial charge in [-0.1, -0.05) is 5.21 Å². The molecule has 0 unspecified atom stereocenters. The Morgan fingerprint density at radius 1 is 1.33 bits per heavy atom. The minimum atomic E-state index is -0.783. The van der Waals surface area contributed by atoms with E-state index in [0.717, 1.165) is 12.1 Å². The molecule has 1 aromatic heterocycles. The van der Waals surface area contributed by atoms with Crippen LogP contribution >= 0.6 is 11.6 Å². The molecule has 0 saturated heterocycles. The van der Waals surface area contributed by atoms with Crippen LogP contribution in [0, 0.1) is 11.6 Å². The SMILES string of the molecule is Cn1cc(COc2c(F)cc(CCl)cc2F)nn1. The lowest BCUT2D eigenvalue weighted by atomic mass is 10.2. The summed E-state index contributed by atoms with van der Waals surface area (Å²) in [4.78, 5) is 0. The van der Waals surface area contributed by atoms with Gasteiger partial charge >= 0.3 is 0 Å². The van der Waals surface area contributed by atoms with E-state index in [4.69, 9.17) is 16.3 Å². The second-order valence-electron chi connectivity index (χ2n) is 3.69. The standard InChI is InChI=1S/C11H10ClF2N3O/c1-17-5-8(15-16-17)6-18-11-9(13)2-7(4-12)3-10(11)14/h2-3,5H,4,6H2,1H3. The minimum absolute atomic E-state index is 0.0400. The summed E-state index contributed by atoms with van der Waals surface area (Å²) in [5, 5.41) is 7.43. The van der Waals surface area contributed by atoms with Crippen molar-refractivity contribution in [3.63, 3.8) is 0 Å². The second kappa shape index (κ2) is 5.30. The number of aromatic nitrogens is 3. The van der Waals surface area contributed by atoms with Gasteiger partial charge in [-0.2, -0.15) is 0 Å². The molecule has 0 N–H and O–H groups in total. The van der Waals surface area contributed by atoms with Gasteiger partial charge in [0.1, 0.15) is 12.3 Å². The molecule has 1 heterocycles. The highest BCUT2D eigenvalue weighted by Gasteiger charge is 2.13. The van der Waals surface area contributed by atoms with Gasteiger partial charge in [-0.3, -0.25) is 4.68 Å². The summed E-state index contributed by atoms with van der Waals surface area (Å²) >= 11 is 5.50. The number of aryl methyl sites for hydroxylation is 1. The van der Waals surface area contributed by atoms with Gasteiger partial charge in [-0.05, 0) is 17.7 Å². The van der Waals surface area contributed by atoms with Crippen LogP contribution in [0.1, 0.15) is 11.3 Å². The second-order valence-corrected chi connectivity index (χ2v) is 3.96. The third kappa shape index (κ3) is 2.76. The summed E-state index contributed by atoms with van der Waals surface area (Å²) in [7, 11) is 1.69. The number of hydrogen-bond donors (Lipinski definition) is 0. The number of halogens is 3. The van der Waals surface area contributed by atoms with E-state index in [1.807, 2.05) is 0 Å². The van der Waals surface area contributed by atoms with Crippen LogP contribution < -0.4 is 4.74 Å². The Kier molecular flexibility index (Phi) is 3.76. The first-order chi connectivity index (χ1) is 8.60. The van der Waals surface area contributed by atoms with Crippen LogP contribution in [0.4, 0.5) is 8.78 Å². The molecule has 0 saturated carbocycles. The number of rotatable bonds is 4. The van der Waals surface area contributed by atoms with Gasteiger partial charge in [0.05, 0.1) is 6.20 Å². The van der Waals surface area contributed by atoms with Crippen molar-refractivity contribution in [1.82, 2.24) is 15.0 Å². The zero-order valence-electron chi connectivity index (χ0n) is 9.53. The lowest BCUT2D eigenvalue weighted by Gasteiger charge is -2.07. The maximum atomic E-state index is 13.5.